The van der Waals surface area contributed by atoms with Gasteiger partial charge < -0.3 is 4.52 Å². The van der Waals surface area contributed by atoms with Crippen molar-refractivity contribution >= 4 is 35.2 Å². The lowest BCUT2D eigenvalue weighted by molar-refractivity contribution is -0.113. The van der Waals surface area contributed by atoms with Crippen LogP contribution in [0.1, 0.15) is 5.69 Å². The summed E-state index contributed by atoms with van der Waals surface area (Å²) in [6, 6.07) is 9.01. The van der Waals surface area contributed by atoms with E-state index in [0.29, 0.717) is 16.7 Å². The first-order chi connectivity index (χ1) is 8.63. The van der Waals surface area contributed by atoms with Crippen LogP contribution < -0.4 is 5.32 Å². The zero-order valence-corrected chi connectivity index (χ0v) is 11.2. The summed E-state index contributed by atoms with van der Waals surface area (Å²) in [6.45, 7) is 1.79. The van der Waals surface area contributed by atoms with Gasteiger partial charge in [-0.3, -0.25) is 10.1 Å². The highest BCUT2D eigenvalue weighted by atomic mass is 35.5. The fourth-order valence-corrected chi connectivity index (χ4v) is 2.10. The fourth-order valence-electron chi connectivity index (χ4n) is 1.28. The molecule has 1 N–H and O–H groups in total. The number of aryl methyl sites for hydroxylation is 1. The largest absolute Gasteiger partial charge is 0.338 e. The maximum atomic E-state index is 11.6. The van der Waals surface area contributed by atoms with E-state index in [1.807, 2.05) is 12.1 Å². The molecule has 2 rings (SSSR count). The Bertz CT molecular complexity index is 539. The van der Waals surface area contributed by atoms with Gasteiger partial charge in [-0.25, -0.2) is 0 Å². The Morgan fingerprint density at radius 2 is 2.17 bits per heavy atom. The average Bonchev–Trinajstić information content (AvgIpc) is 2.74. The lowest BCUT2D eigenvalue weighted by Crippen LogP contribution is -2.13. The maximum Gasteiger partial charge on any atom is 0.237 e. The predicted molar refractivity (Wildman–Crippen MR) is 72.0 cm³/mol. The number of nitrogens with one attached hydrogen (secondary N) is 1. The van der Waals surface area contributed by atoms with E-state index < -0.39 is 0 Å². The molecule has 18 heavy (non-hydrogen) atoms. The van der Waals surface area contributed by atoms with Crippen LogP contribution in [0, 0.1) is 6.92 Å². The lowest BCUT2D eigenvalue weighted by Gasteiger charge is -2.01. The number of nitrogens with zero attached hydrogens (tertiary/aromatic N) is 1. The second-order valence-corrected chi connectivity index (χ2v) is 5.11. The van der Waals surface area contributed by atoms with E-state index in [1.165, 1.54) is 11.8 Å². The molecule has 1 heterocycles. The number of anilines is 1. The highest BCUT2D eigenvalue weighted by Crippen LogP contribution is 2.20. The molecule has 0 spiro atoms. The molecule has 2 aromatic rings. The van der Waals surface area contributed by atoms with Crippen LogP contribution in [0.15, 0.2) is 39.8 Å². The molecule has 0 aliphatic rings. The monoisotopic (exact) mass is 282 g/mol. The molecule has 0 aliphatic heterocycles. The minimum atomic E-state index is -0.133. The molecule has 1 aromatic heterocycles. The van der Waals surface area contributed by atoms with Gasteiger partial charge in [0.25, 0.3) is 0 Å². The van der Waals surface area contributed by atoms with E-state index in [4.69, 9.17) is 16.1 Å². The Balaban J connectivity index is 1.83. The summed E-state index contributed by atoms with van der Waals surface area (Å²) in [4.78, 5) is 12.6. The third-order valence-electron chi connectivity index (χ3n) is 2.07. The molecule has 0 bridgehead atoms. The Labute approximate surface area is 114 Å². The van der Waals surface area contributed by atoms with Gasteiger partial charge in [-0.15, -0.1) is 11.8 Å². The number of rotatable bonds is 4. The van der Waals surface area contributed by atoms with Crippen LogP contribution in [0.4, 0.5) is 5.88 Å². The molecule has 1 amide bonds. The number of aromatic nitrogens is 1. The van der Waals surface area contributed by atoms with Crippen molar-refractivity contribution in [3.05, 3.63) is 41.0 Å². The highest BCUT2D eigenvalue weighted by molar-refractivity contribution is 8.00. The number of amides is 1. The summed E-state index contributed by atoms with van der Waals surface area (Å²) < 4.78 is 4.89. The van der Waals surface area contributed by atoms with Crippen molar-refractivity contribution in [1.29, 1.82) is 0 Å². The van der Waals surface area contributed by atoms with Crippen molar-refractivity contribution < 1.29 is 9.32 Å². The summed E-state index contributed by atoms with van der Waals surface area (Å²) in [5.74, 6) is 0.543. The van der Waals surface area contributed by atoms with Gasteiger partial charge in [0.1, 0.15) is 0 Å². The molecule has 1 aromatic carbocycles. The SMILES string of the molecule is Cc1cc(NC(=O)CSc2ccc(Cl)cc2)on1. The number of benzene rings is 1. The van der Waals surface area contributed by atoms with Crippen LogP contribution >= 0.6 is 23.4 Å². The third kappa shape index (κ3) is 3.78. The van der Waals surface area contributed by atoms with Crippen molar-refractivity contribution in [3.63, 3.8) is 0 Å². The second kappa shape index (κ2) is 5.93. The van der Waals surface area contributed by atoms with Gasteiger partial charge in [0.2, 0.25) is 11.8 Å². The second-order valence-electron chi connectivity index (χ2n) is 3.62. The first kappa shape index (κ1) is 13.0. The number of carbonyl (C=O) groups excluding carboxylic acids is 1. The van der Waals surface area contributed by atoms with Crippen LogP contribution in [-0.2, 0) is 4.79 Å². The summed E-state index contributed by atoms with van der Waals surface area (Å²) in [6.07, 6.45) is 0. The third-order valence-corrected chi connectivity index (χ3v) is 3.34. The van der Waals surface area contributed by atoms with Gasteiger partial charge in [-0.1, -0.05) is 16.8 Å². The number of halogens is 1. The lowest BCUT2D eigenvalue weighted by atomic mass is 10.4. The van der Waals surface area contributed by atoms with Gasteiger partial charge in [-0.05, 0) is 31.2 Å². The molecule has 0 saturated carbocycles. The zero-order valence-electron chi connectivity index (χ0n) is 9.64. The van der Waals surface area contributed by atoms with E-state index in [0.717, 1.165) is 10.6 Å². The Morgan fingerprint density at radius 1 is 1.44 bits per heavy atom. The molecule has 0 unspecified atom stereocenters. The molecule has 0 aliphatic carbocycles. The summed E-state index contributed by atoms with van der Waals surface area (Å²) in [5, 5.41) is 7.00. The number of carbonyl (C=O) groups is 1. The Hall–Kier alpha value is -1.46. The van der Waals surface area contributed by atoms with E-state index in [9.17, 15) is 4.79 Å². The molecule has 0 fully saturated rings. The maximum absolute atomic E-state index is 11.6. The quantitative estimate of drug-likeness (QED) is 0.874. The van der Waals surface area contributed by atoms with Crippen molar-refractivity contribution in [2.45, 2.75) is 11.8 Å². The number of hydrogen-bond donors (Lipinski definition) is 1. The van der Waals surface area contributed by atoms with Crippen LogP contribution in [-0.4, -0.2) is 16.8 Å². The van der Waals surface area contributed by atoms with Gasteiger partial charge >= 0.3 is 0 Å². The van der Waals surface area contributed by atoms with Crippen LogP contribution in [0.25, 0.3) is 0 Å². The van der Waals surface area contributed by atoms with Crippen LogP contribution in [0.3, 0.4) is 0 Å². The van der Waals surface area contributed by atoms with E-state index in [-0.39, 0.29) is 5.91 Å². The summed E-state index contributed by atoms with van der Waals surface area (Å²) >= 11 is 7.21. The molecular weight excluding hydrogens is 272 g/mol. The standard InChI is InChI=1S/C12H11ClN2O2S/c1-8-6-12(17-15-8)14-11(16)7-18-10-4-2-9(13)3-5-10/h2-6H,7H2,1H3,(H,14,16). The first-order valence-electron chi connectivity index (χ1n) is 5.25. The molecule has 0 saturated heterocycles. The average molecular weight is 283 g/mol. The predicted octanol–water partition coefficient (Wildman–Crippen LogP) is 3.37. The minimum Gasteiger partial charge on any atom is -0.338 e. The van der Waals surface area contributed by atoms with Gasteiger partial charge in [0.05, 0.1) is 11.4 Å². The molecule has 0 atom stereocenters. The van der Waals surface area contributed by atoms with Crippen molar-refractivity contribution in [1.82, 2.24) is 5.16 Å². The van der Waals surface area contributed by atoms with Crippen molar-refractivity contribution in [2.24, 2.45) is 0 Å². The zero-order chi connectivity index (χ0) is 13.0. The minimum absolute atomic E-state index is 0.133. The molecule has 6 heteroatoms. The van der Waals surface area contributed by atoms with Crippen LogP contribution in [0.2, 0.25) is 5.02 Å². The summed E-state index contributed by atoms with van der Waals surface area (Å²) in [7, 11) is 0. The normalized spacial score (nSPS) is 10.3. The van der Waals surface area contributed by atoms with E-state index in [2.05, 4.69) is 10.5 Å². The fraction of sp³-hybridized carbons (Fsp3) is 0.167. The highest BCUT2D eigenvalue weighted by Gasteiger charge is 2.07. The molecule has 94 valence electrons. The van der Waals surface area contributed by atoms with E-state index >= 15 is 0 Å². The smallest absolute Gasteiger partial charge is 0.237 e. The van der Waals surface area contributed by atoms with Crippen molar-refractivity contribution in [3.8, 4) is 0 Å². The van der Waals surface area contributed by atoms with Crippen molar-refractivity contribution in [2.75, 3.05) is 11.1 Å². The number of thioether (sulfide) groups is 1. The van der Waals surface area contributed by atoms with Gasteiger partial charge in [0, 0.05) is 16.0 Å². The summed E-state index contributed by atoms with van der Waals surface area (Å²) in [5.41, 5.74) is 0.732. The number of hydrogen-bond acceptors (Lipinski definition) is 4. The Kier molecular flexibility index (Phi) is 4.28. The van der Waals surface area contributed by atoms with Crippen LogP contribution in [0.5, 0.6) is 0 Å². The molecule has 4 nitrogen and oxygen atoms in total. The van der Waals surface area contributed by atoms with Gasteiger partial charge in [0.15, 0.2) is 0 Å². The Morgan fingerprint density at radius 3 is 2.78 bits per heavy atom. The van der Waals surface area contributed by atoms with E-state index in [1.54, 1.807) is 25.1 Å². The topological polar surface area (TPSA) is 55.1 Å². The van der Waals surface area contributed by atoms with Gasteiger partial charge in [-0.2, -0.15) is 0 Å². The molecule has 0 radical (unpaired) electrons. The first-order valence-corrected chi connectivity index (χ1v) is 6.61. The molecular formula is C12H11ClN2O2S.